The number of nitrogens with zero attached hydrogens (tertiary/aromatic N) is 1. The highest BCUT2D eigenvalue weighted by Crippen LogP contribution is 2.30. The molecule has 0 spiro atoms. The van der Waals surface area contributed by atoms with E-state index in [9.17, 15) is 9.59 Å². The fourth-order valence-electron chi connectivity index (χ4n) is 3.46. The first-order valence-electron chi connectivity index (χ1n) is 8.81. The molecule has 1 aromatic carbocycles. The van der Waals surface area contributed by atoms with Gasteiger partial charge in [-0.25, -0.2) is 0 Å². The van der Waals surface area contributed by atoms with Crippen molar-refractivity contribution in [2.75, 3.05) is 13.1 Å². The molecule has 1 aromatic heterocycles. The fraction of sp³-hybridized carbons (Fsp3) is 0.474. The van der Waals surface area contributed by atoms with E-state index in [1.807, 2.05) is 25.1 Å². The van der Waals surface area contributed by atoms with Crippen molar-refractivity contribution < 1.29 is 14.0 Å². The first-order valence-corrected chi connectivity index (χ1v) is 9.60. The maximum atomic E-state index is 13.0. The molecule has 25 heavy (non-hydrogen) atoms. The molecule has 1 saturated carbocycles. The van der Waals surface area contributed by atoms with Gasteiger partial charge in [0.05, 0.1) is 5.92 Å². The van der Waals surface area contributed by atoms with Crippen LogP contribution in [0, 0.1) is 12.8 Å². The summed E-state index contributed by atoms with van der Waals surface area (Å²) in [4.78, 5) is 27.1. The van der Waals surface area contributed by atoms with Crippen LogP contribution in [0.5, 0.6) is 0 Å². The van der Waals surface area contributed by atoms with Gasteiger partial charge in [-0.1, -0.05) is 15.9 Å². The van der Waals surface area contributed by atoms with Crippen molar-refractivity contribution in [3.8, 4) is 0 Å². The summed E-state index contributed by atoms with van der Waals surface area (Å²) in [5, 5.41) is 4.00. The zero-order valence-electron chi connectivity index (χ0n) is 14.2. The van der Waals surface area contributed by atoms with Crippen LogP contribution in [0.3, 0.4) is 0 Å². The van der Waals surface area contributed by atoms with Crippen LogP contribution in [-0.4, -0.2) is 35.8 Å². The summed E-state index contributed by atoms with van der Waals surface area (Å²) in [6.45, 7) is 3.05. The molecule has 2 fully saturated rings. The topological polar surface area (TPSA) is 62.6 Å². The smallest absolute Gasteiger partial charge is 0.289 e. The molecule has 1 saturated heterocycles. The first kappa shape index (κ1) is 16.6. The Bertz CT molecular complexity index is 841. The van der Waals surface area contributed by atoms with Gasteiger partial charge in [0.1, 0.15) is 5.58 Å². The molecule has 5 nitrogen and oxygen atoms in total. The Morgan fingerprint density at radius 2 is 2.08 bits per heavy atom. The van der Waals surface area contributed by atoms with Crippen molar-refractivity contribution in [3.05, 3.63) is 34.0 Å². The number of hydrogen-bond acceptors (Lipinski definition) is 3. The number of furan rings is 1. The van der Waals surface area contributed by atoms with Gasteiger partial charge in [0.2, 0.25) is 5.91 Å². The first-order chi connectivity index (χ1) is 12.0. The predicted molar refractivity (Wildman–Crippen MR) is 98.4 cm³/mol. The molecule has 1 N–H and O–H groups in total. The average Bonchev–Trinajstić information content (AvgIpc) is 3.37. The largest absolute Gasteiger partial charge is 0.451 e. The Balaban J connectivity index is 1.53. The number of benzene rings is 1. The van der Waals surface area contributed by atoms with Crippen molar-refractivity contribution in [2.45, 2.75) is 38.6 Å². The lowest BCUT2D eigenvalue weighted by Gasteiger charge is -2.31. The van der Waals surface area contributed by atoms with E-state index in [1.165, 1.54) is 0 Å². The van der Waals surface area contributed by atoms with Crippen molar-refractivity contribution in [3.63, 3.8) is 0 Å². The van der Waals surface area contributed by atoms with Crippen LogP contribution in [0.1, 0.15) is 41.8 Å². The molecule has 1 atom stereocenters. The zero-order chi connectivity index (χ0) is 17.6. The molecule has 0 bridgehead atoms. The zero-order valence-corrected chi connectivity index (χ0v) is 15.8. The monoisotopic (exact) mass is 404 g/mol. The summed E-state index contributed by atoms with van der Waals surface area (Å²) in [5.41, 5.74) is 1.56. The highest BCUT2D eigenvalue weighted by atomic mass is 79.9. The number of piperidine rings is 1. The molecule has 1 aliphatic heterocycles. The number of fused-ring (bicyclic) bond motifs is 1. The van der Waals surface area contributed by atoms with Gasteiger partial charge in [-0.05, 0) is 50.8 Å². The van der Waals surface area contributed by atoms with Crippen molar-refractivity contribution in [1.82, 2.24) is 10.2 Å². The van der Waals surface area contributed by atoms with Crippen molar-refractivity contribution >= 4 is 38.7 Å². The number of nitrogens with one attached hydrogen (secondary N) is 1. The third-order valence-corrected chi connectivity index (χ3v) is 5.59. The normalized spacial score (nSPS) is 20.7. The van der Waals surface area contributed by atoms with Gasteiger partial charge in [0.25, 0.3) is 5.91 Å². The molecule has 4 rings (SSSR count). The van der Waals surface area contributed by atoms with E-state index in [4.69, 9.17) is 4.42 Å². The Labute approximate surface area is 154 Å². The highest BCUT2D eigenvalue weighted by molar-refractivity contribution is 9.10. The van der Waals surface area contributed by atoms with Crippen LogP contribution < -0.4 is 5.32 Å². The Morgan fingerprint density at radius 1 is 1.28 bits per heavy atom. The minimum atomic E-state index is -0.117. The summed E-state index contributed by atoms with van der Waals surface area (Å²) in [6.07, 6.45) is 3.84. The molecule has 2 heterocycles. The molecule has 6 heteroatoms. The van der Waals surface area contributed by atoms with E-state index in [0.29, 0.717) is 30.5 Å². The van der Waals surface area contributed by atoms with Gasteiger partial charge < -0.3 is 14.6 Å². The van der Waals surface area contributed by atoms with Gasteiger partial charge in [0, 0.05) is 34.6 Å². The molecule has 132 valence electrons. The Morgan fingerprint density at radius 3 is 2.84 bits per heavy atom. The van der Waals surface area contributed by atoms with E-state index in [1.54, 1.807) is 4.90 Å². The summed E-state index contributed by atoms with van der Waals surface area (Å²) in [5.74, 6) is 0.243. The Kier molecular flexibility index (Phi) is 4.31. The number of rotatable bonds is 3. The quantitative estimate of drug-likeness (QED) is 0.849. The van der Waals surface area contributed by atoms with E-state index in [-0.39, 0.29) is 17.7 Å². The third-order valence-electron chi connectivity index (χ3n) is 5.10. The van der Waals surface area contributed by atoms with Gasteiger partial charge in [0.15, 0.2) is 5.76 Å². The van der Waals surface area contributed by atoms with Crippen LogP contribution in [0.4, 0.5) is 0 Å². The van der Waals surface area contributed by atoms with E-state index in [0.717, 1.165) is 41.1 Å². The van der Waals surface area contributed by atoms with Gasteiger partial charge >= 0.3 is 0 Å². The lowest BCUT2D eigenvalue weighted by Crippen LogP contribution is -2.45. The van der Waals surface area contributed by atoms with Gasteiger partial charge in [-0.15, -0.1) is 0 Å². The second-order valence-electron chi connectivity index (χ2n) is 7.07. The van der Waals surface area contributed by atoms with E-state index >= 15 is 0 Å². The van der Waals surface area contributed by atoms with Crippen LogP contribution in [0.25, 0.3) is 11.0 Å². The van der Waals surface area contributed by atoms with Gasteiger partial charge in [-0.2, -0.15) is 0 Å². The number of amides is 2. The molecule has 1 aliphatic carbocycles. The number of aryl methyl sites for hydroxylation is 1. The summed E-state index contributed by atoms with van der Waals surface area (Å²) < 4.78 is 6.78. The Hall–Kier alpha value is -1.82. The standard InChI is InChI=1S/C19H21BrN2O3/c1-11-15-9-13(20)4-7-16(15)25-17(11)19(24)22-8-2-3-12(10-22)18(23)21-14-5-6-14/h4,7,9,12,14H,2-3,5-6,8,10H2,1H3,(H,21,23). The molecular weight excluding hydrogens is 384 g/mol. The number of carbonyl (C=O) groups excluding carboxylic acids is 2. The molecule has 0 radical (unpaired) electrons. The minimum Gasteiger partial charge on any atom is -0.451 e. The van der Waals surface area contributed by atoms with Crippen LogP contribution in [0.2, 0.25) is 0 Å². The lowest BCUT2D eigenvalue weighted by molar-refractivity contribution is -0.126. The molecular formula is C19H21BrN2O3. The number of hydrogen-bond donors (Lipinski definition) is 1. The number of carbonyl (C=O) groups is 2. The van der Waals surface area contributed by atoms with Gasteiger partial charge in [-0.3, -0.25) is 9.59 Å². The third kappa shape index (κ3) is 3.32. The second kappa shape index (κ2) is 6.48. The highest BCUT2D eigenvalue weighted by Gasteiger charge is 2.33. The SMILES string of the molecule is Cc1c(C(=O)N2CCCC(C(=O)NC3CC3)C2)oc2ccc(Br)cc12. The lowest BCUT2D eigenvalue weighted by atomic mass is 9.96. The molecule has 1 unspecified atom stereocenters. The van der Waals surface area contributed by atoms with Crippen molar-refractivity contribution in [2.24, 2.45) is 5.92 Å². The maximum Gasteiger partial charge on any atom is 0.289 e. The van der Waals surface area contributed by atoms with Crippen LogP contribution in [0.15, 0.2) is 27.1 Å². The minimum absolute atomic E-state index is 0.0882. The molecule has 2 aliphatic rings. The average molecular weight is 405 g/mol. The summed E-state index contributed by atoms with van der Waals surface area (Å²) in [6, 6.07) is 6.09. The number of likely N-dealkylation sites (tertiary alicyclic amines) is 1. The summed E-state index contributed by atoms with van der Waals surface area (Å²) >= 11 is 3.46. The maximum absolute atomic E-state index is 13.0. The second-order valence-corrected chi connectivity index (χ2v) is 7.99. The predicted octanol–water partition coefficient (Wildman–Crippen LogP) is 3.63. The van der Waals surface area contributed by atoms with Crippen molar-refractivity contribution in [1.29, 1.82) is 0 Å². The summed E-state index contributed by atoms with van der Waals surface area (Å²) in [7, 11) is 0. The van der Waals surface area contributed by atoms with Crippen LogP contribution in [-0.2, 0) is 4.79 Å². The fourth-order valence-corrected chi connectivity index (χ4v) is 3.82. The van der Waals surface area contributed by atoms with E-state index in [2.05, 4.69) is 21.2 Å². The number of halogens is 1. The van der Waals surface area contributed by atoms with Crippen LogP contribution >= 0.6 is 15.9 Å². The molecule has 2 aromatic rings. The molecule has 2 amide bonds. The van der Waals surface area contributed by atoms with E-state index < -0.39 is 0 Å².